The van der Waals surface area contributed by atoms with E-state index in [-0.39, 0.29) is 0 Å². The lowest BCUT2D eigenvalue weighted by Crippen LogP contribution is -2.21. The first kappa shape index (κ1) is 14.3. The number of methoxy groups -OCH3 is 1. The summed E-state index contributed by atoms with van der Waals surface area (Å²) in [6, 6.07) is 11.6. The van der Waals surface area contributed by atoms with Crippen LogP contribution >= 0.6 is 0 Å². The molecule has 0 fully saturated rings. The maximum absolute atomic E-state index is 5.64. The highest BCUT2D eigenvalue weighted by Gasteiger charge is 1.98. The van der Waals surface area contributed by atoms with Crippen LogP contribution in [0.25, 0.3) is 0 Å². The van der Waals surface area contributed by atoms with E-state index >= 15 is 0 Å². The van der Waals surface area contributed by atoms with Gasteiger partial charge in [0.2, 0.25) is 0 Å². The maximum Gasteiger partial charge on any atom is 0.119 e. The Morgan fingerprint density at radius 2 is 1.85 bits per heavy atom. The zero-order valence-electron chi connectivity index (χ0n) is 11.9. The molecule has 0 saturated carbocycles. The number of benzene rings is 1. The predicted octanol–water partition coefficient (Wildman–Crippen LogP) is 2.57. The van der Waals surface area contributed by atoms with Gasteiger partial charge >= 0.3 is 0 Å². The van der Waals surface area contributed by atoms with Crippen molar-refractivity contribution in [2.24, 2.45) is 0 Å². The largest absolute Gasteiger partial charge is 0.497 e. The smallest absolute Gasteiger partial charge is 0.119 e. The molecule has 1 heterocycles. The van der Waals surface area contributed by atoms with Gasteiger partial charge in [0.1, 0.15) is 18.1 Å². The normalized spacial score (nSPS) is 10.3. The van der Waals surface area contributed by atoms with Crippen molar-refractivity contribution >= 4 is 0 Å². The van der Waals surface area contributed by atoms with Gasteiger partial charge in [-0.05, 0) is 42.8 Å². The van der Waals surface area contributed by atoms with Gasteiger partial charge in [0, 0.05) is 19.3 Å². The Bertz CT molecular complexity index is 526. The fourth-order valence-electron chi connectivity index (χ4n) is 1.82. The van der Waals surface area contributed by atoms with Gasteiger partial charge in [0.15, 0.2) is 0 Å². The summed E-state index contributed by atoms with van der Waals surface area (Å²) in [6.45, 7) is 4.23. The number of ether oxygens (including phenoxy) is 2. The van der Waals surface area contributed by atoms with E-state index in [1.165, 1.54) is 5.56 Å². The van der Waals surface area contributed by atoms with Crippen LogP contribution in [0.15, 0.2) is 42.6 Å². The van der Waals surface area contributed by atoms with Crippen molar-refractivity contribution in [3.05, 3.63) is 53.9 Å². The number of pyridine rings is 1. The summed E-state index contributed by atoms with van der Waals surface area (Å²) in [5.74, 6) is 1.68. The molecule has 1 aromatic heterocycles. The molecule has 0 atom stereocenters. The third-order valence-corrected chi connectivity index (χ3v) is 3.02. The van der Waals surface area contributed by atoms with Gasteiger partial charge in [0.25, 0.3) is 0 Å². The molecule has 0 spiro atoms. The molecule has 1 aromatic carbocycles. The highest BCUT2D eigenvalue weighted by atomic mass is 16.5. The second kappa shape index (κ2) is 7.50. The van der Waals surface area contributed by atoms with Crippen molar-refractivity contribution < 1.29 is 9.47 Å². The first-order valence-electron chi connectivity index (χ1n) is 6.67. The Kier molecular flexibility index (Phi) is 5.38. The molecular formula is C16H20N2O2. The van der Waals surface area contributed by atoms with Crippen LogP contribution < -0.4 is 14.8 Å². The fraction of sp³-hybridized carbons (Fsp3) is 0.312. The Morgan fingerprint density at radius 1 is 1.10 bits per heavy atom. The molecule has 2 aromatic rings. The quantitative estimate of drug-likeness (QED) is 0.787. The van der Waals surface area contributed by atoms with Gasteiger partial charge in [-0.15, -0.1) is 0 Å². The minimum atomic E-state index is 0.623. The maximum atomic E-state index is 5.64. The molecule has 4 nitrogen and oxygen atoms in total. The lowest BCUT2D eigenvalue weighted by molar-refractivity contribution is 0.312. The van der Waals surface area contributed by atoms with Crippen LogP contribution in [0.5, 0.6) is 11.5 Å². The standard InChI is InChI=1S/C16H20N2O2/c1-13-4-3-9-18-16(13)12-17-10-11-20-15-7-5-14(19-2)6-8-15/h3-9,17H,10-12H2,1-2H3. The molecule has 2 rings (SSSR count). The highest BCUT2D eigenvalue weighted by Crippen LogP contribution is 2.16. The number of aromatic nitrogens is 1. The van der Waals surface area contributed by atoms with E-state index in [2.05, 4.69) is 23.3 Å². The van der Waals surface area contributed by atoms with Crippen molar-refractivity contribution in [3.8, 4) is 11.5 Å². The van der Waals surface area contributed by atoms with Crippen molar-refractivity contribution in [2.45, 2.75) is 13.5 Å². The lowest BCUT2D eigenvalue weighted by Gasteiger charge is -2.09. The van der Waals surface area contributed by atoms with Gasteiger partial charge in [-0.3, -0.25) is 4.98 Å². The van der Waals surface area contributed by atoms with Crippen molar-refractivity contribution in [1.29, 1.82) is 0 Å². The summed E-state index contributed by atoms with van der Waals surface area (Å²) in [6.07, 6.45) is 1.82. The van der Waals surface area contributed by atoms with Gasteiger partial charge in [-0.25, -0.2) is 0 Å². The Labute approximate surface area is 119 Å². The molecule has 0 bridgehead atoms. The number of hydrogen-bond donors (Lipinski definition) is 1. The number of nitrogens with one attached hydrogen (secondary N) is 1. The summed E-state index contributed by atoms with van der Waals surface area (Å²) < 4.78 is 10.7. The topological polar surface area (TPSA) is 43.4 Å². The third kappa shape index (κ3) is 4.24. The Morgan fingerprint density at radius 3 is 2.55 bits per heavy atom. The summed E-state index contributed by atoms with van der Waals surface area (Å²) >= 11 is 0. The monoisotopic (exact) mass is 272 g/mol. The van der Waals surface area contributed by atoms with Crippen LogP contribution in [-0.2, 0) is 6.54 Å². The van der Waals surface area contributed by atoms with Crippen LogP contribution in [0.4, 0.5) is 0 Å². The molecule has 0 aliphatic rings. The zero-order chi connectivity index (χ0) is 14.2. The van der Waals surface area contributed by atoms with Crippen LogP contribution in [0, 0.1) is 6.92 Å². The molecule has 0 saturated heterocycles. The molecule has 1 N–H and O–H groups in total. The molecule has 20 heavy (non-hydrogen) atoms. The number of rotatable bonds is 7. The molecular weight excluding hydrogens is 252 g/mol. The molecule has 0 radical (unpaired) electrons. The zero-order valence-corrected chi connectivity index (χ0v) is 11.9. The van der Waals surface area contributed by atoms with Crippen molar-refractivity contribution in [2.75, 3.05) is 20.3 Å². The molecule has 4 heteroatoms. The number of aryl methyl sites for hydroxylation is 1. The molecule has 0 aliphatic heterocycles. The van der Waals surface area contributed by atoms with E-state index in [4.69, 9.17) is 9.47 Å². The summed E-state index contributed by atoms with van der Waals surface area (Å²) in [5, 5.41) is 3.32. The van der Waals surface area contributed by atoms with Crippen molar-refractivity contribution in [1.82, 2.24) is 10.3 Å². The van der Waals surface area contributed by atoms with Gasteiger partial charge in [0.05, 0.1) is 12.8 Å². The van der Waals surface area contributed by atoms with E-state index in [0.29, 0.717) is 6.61 Å². The lowest BCUT2D eigenvalue weighted by atomic mass is 10.2. The van der Waals surface area contributed by atoms with Gasteiger partial charge in [-0.2, -0.15) is 0 Å². The molecule has 0 unspecified atom stereocenters. The predicted molar refractivity (Wildman–Crippen MR) is 79.2 cm³/mol. The van der Waals surface area contributed by atoms with Crippen molar-refractivity contribution in [3.63, 3.8) is 0 Å². The van der Waals surface area contributed by atoms with E-state index in [1.807, 2.05) is 36.5 Å². The van der Waals surface area contributed by atoms with E-state index in [9.17, 15) is 0 Å². The summed E-state index contributed by atoms with van der Waals surface area (Å²) in [5.41, 5.74) is 2.29. The molecule has 0 aliphatic carbocycles. The van der Waals surface area contributed by atoms with Gasteiger partial charge in [-0.1, -0.05) is 6.07 Å². The second-order valence-corrected chi connectivity index (χ2v) is 4.47. The van der Waals surface area contributed by atoms with Crippen LogP contribution in [0.1, 0.15) is 11.3 Å². The van der Waals surface area contributed by atoms with Crippen LogP contribution in [0.2, 0.25) is 0 Å². The van der Waals surface area contributed by atoms with E-state index in [1.54, 1.807) is 7.11 Å². The SMILES string of the molecule is COc1ccc(OCCNCc2ncccc2C)cc1. The molecule has 106 valence electrons. The average Bonchev–Trinajstić information content (AvgIpc) is 2.49. The highest BCUT2D eigenvalue weighted by molar-refractivity contribution is 5.31. The minimum absolute atomic E-state index is 0.623. The Hall–Kier alpha value is -2.07. The molecule has 0 amide bonds. The van der Waals surface area contributed by atoms with E-state index in [0.717, 1.165) is 30.3 Å². The van der Waals surface area contributed by atoms with E-state index < -0.39 is 0 Å². The first-order valence-corrected chi connectivity index (χ1v) is 6.67. The summed E-state index contributed by atoms with van der Waals surface area (Å²) in [7, 11) is 1.65. The minimum Gasteiger partial charge on any atom is -0.497 e. The first-order chi connectivity index (χ1) is 9.79. The van der Waals surface area contributed by atoms with Crippen LogP contribution in [0.3, 0.4) is 0 Å². The second-order valence-electron chi connectivity index (χ2n) is 4.47. The van der Waals surface area contributed by atoms with Gasteiger partial charge < -0.3 is 14.8 Å². The summed E-state index contributed by atoms with van der Waals surface area (Å²) in [4.78, 5) is 4.34. The fourth-order valence-corrected chi connectivity index (χ4v) is 1.82. The average molecular weight is 272 g/mol. The number of nitrogens with zero attached hydrogens (tertiary/aromatic N) is 1. The van der Waals surface area contributed by atoms with Crippen LogP contribution in [-0.4, -0.2) is 25.2 Å². The number of hydrogen-bond acceptors (Lipinski definition) is 4. The Balaban J connectivity index is 1.67. The third-order valence-electron chi connectivity index (χ3n) is 3.02.